The topological polar surface area (TPSA) is 40.7 Å². The molecule has 1 fully saturated rings. The molecule has 1 aliphatic carbocycles. The maximum absolute atomic E-state index is 3.94. The highest BCUT2D eigenvalue weighted by Crippen LogP contribution is 2.41. The lowest BCUT2D eigenvalue weighted by atomic mass is 10.0. The van der Waals surface area contributed by atoms with Gasteiger partial charge in [-0.25, -0.2) is 0 Å². The lowest BCUT2D eigenvalue weighted by molar-refractivity contribution is 0.688. The van der Waals surface area contributed by atoms with Crippen LogP contribution in [-0.2, 0) is 13.1 Å². The summed E-state index contributed by atoms with van der Waals surface area (Å²) in [6, 6.07) is 8.77. The van der Waals surface area contributed by atoms with Gasteiger partial charge >= 0.3 is 0 Å². The smallest absolute Gasteiger partial charge is 0.0532 e. The molecule has 0 radical (unpaired) electrons. The molecule has 1 saturated carbocycles. The Morgan fingerprint density at radius 3 is 2.88 bits per heavy atom. The van der Waals surface area contributed by atoms with Crippen molar-refractivity contribution in [3.8, 4) is 0 Å². The van der Waals surface area contributed by atoms with Crippen LogP contribution in [0.4, 0.5) is 0 Å². The third kappa shape index (κ3) is 2.56. The average Bonchev–Trinajstić information content (AvgIpc) is 3.08. The first-order chi connectivity index (χ1) is 8.43. The molecule has 0 amide bonds. The number of hydrogen-bond donors (Lipinski definition) is 2. The van der Waals surface area contributed by atoms with Gasteiger partial charge in [0.05, 0.1) is 6.20 Å². The normalized spacial score (nSPS) is 15.1. The van der Waals surface area contributed by atoms with E-state index < -0.39 is 0 Å². The van der Waals surface area contributed by atoms with Crippen LogP contribution in [0.1, 0.15) is 35.4 Å². The van der Waals surface area contributed by atoms with Crippen LogP contribution < -0.4 is 5.32 Å². The molecule has 0 bridgehead atoms. The van der Waals surface area contributed by atoms with E-state index in [2.05, 4.69) is 39.8 Å². The van der Waals surface area contributed by atoms with Gasteiger partial charge in [0.25, 0.3) is 0 Å². The van der Waals surface area contributed by atoms with E-state index in [1.165, 1.54) is 29.5 Å². The number of hydrogen-bond acceptors (Lipinski definition) is 2. The van der Waals surface area contributed by atoms with Crippen molar-refractivity contribution in [2.45, 2.75) is 31.8 Å². The molecule has 3 heteroatoms. The molecule has 0 saturated heterocycles. The van der Waals surface area contributed by atoms with Gasteiger partial charge in [0, 0.05) is 24.8 Å². The van der Waals surface area contributed by atoms with E-state index in [-0.39, 0.29) is 0 Å². The van der Waals surface area contributed by atoms with Crippen LogP contribution >= 0.6 is 0 Å². The number of benzene rings is 1. The SMILES string of the molecule is c1ccc(C2CC2)c(CNCc2cn[nH]c2)c1. The van der Waals surface area contributed by atoms with E-state index in [1.807, 2.05) is 12.4 Å². The van der Waals surface area contributed by atoms with E-state index in [4.69, 9.17) is 0 Å². The Hall–Kier alpha value is -1.61. The first-order valence-corrected chi connectivity index (χ1v) is 6.19. The van der Waals surface area contributed by atoms with E-state index in [9.17, 15) is 0 Å². The van der Waals surface area contributed by atoms with E-state index in [0.29, 0.717) is 0 Å². The number of aromatic nitrogens is 2. The molecule has 3 nitrogen and oxygen atoms in total. The zero-order valence-corrected chi connectivity index (χ0v) is 9.82. The van der Waals surface area contributed by atoms with Crippen molar-refractivity contribution in [2.75, 3.05) is 0 Å². The fourth-order valence-corrected chi connectivity index (χ4v) is 2.20. The zero-order valence-electron chi connectivity index (χ0n) is 9.82. The molecule has 0 aliphatic heterocycles. The molecule has 1 aromatic heterocycles. The van der Waals surface area contributed by atoms with Crippen LogP contribution in [0.2, 0.25) is 0 Å². The highest BCUT2D eigenvalue weighted by Gasteiger charge is 2.25. The quantitative estimate of drug-likeness (QED) is 0.824. The lowest BCUT2D eigenvalue weighted by Gasteiger charge is -2.09. The summed E-state index contributed by atoms with van der Waals surface area (Å²) in [6.07, 6.45) is 6.51. The summed E-state index contributed by atoms with van der Waals surface area (Å²) in [5.41, 5.74) is 4.18. The molecule has 0 unspecified atom stereocenters. The van der Waals surface area contributed by atoms with Gasteiger partial charge in [0.15, 0.2) is 0 Å². The maximum Gasteiger partial charge on any atom is 0.0532 e. The van der Waals surface area contributed by atoms with Gasteiger partial charge < -0.3 is 5.32 Å². The minimum Gasteiger partial charge on any atom is -0.308 e. The summed E-state index contributed by atoms with van der Waals surface area (Å²) in [6.45, 7) is 1.81. The van der Waals surface area contributed by atoms with Crippen molar-refractivity contribution >= 4 is 0 Å². The second kappa shape index (κ2) is 4.72. The average molecular weight is 227 g/mol. The van der Waals surface area contributed by atoms with Crippen LogP contribution in [0, 0.1) is 0 Å². The Balaban J connectivity index is 1.61. The third-order valence-electron chi connectivity index (χ3n) is 3.27. The Bertz CT molecular complexity index is 472. The molecule has 0 spiro atoms. The maximum atomic E-state index is 3.94. The lowest BCUT2D eigenvalue weighted by Crippen LogP contribution is -2.13. The predicted octanol–water partition coefficient (Wildman–Crippen LogP) is 2.58. The van der Waals surface area contributed by atoms with E-state index in [0.717, 1.165) is 19.0 Å². The summed E-state index contributed by atoms with van der Waals surface area (Å²) in [7, 11) is 0. The molecule has 1 heterocycles. The summed E-state index contributed by atoms with van der Waals surface area (Å²) < 4.78 is 0. The van der Waals surface area contributed by atoms with Gasteiger partial charge in [-0.15, -0.1) is 0 Å². The third-order valence-corrected chi connectivity index (χ3v) is 3.27. The number of aromatic amines is 1. The van der Waals surface area contributed by atoms with Gasteiger partial charge in [0.2, 0.25) is 0 Å². The van der Waals surface area contributed by atoms with Crippen molar-refractivity contribution < 1.29 is 0 Å². The first kappa shape index (κ1) is 10.5. The van der Waals surface area contributed by atoms with Crippen LogP contribution in [0.3, 0.4) is 0 Å². The Labute approximate surface area is 101 Å². The number of H-pyrrole nitrogens is 1. The van der Waals surface area contributed by atoms with Gasteiger partial charge in [-0.3, -0.25) is 5.10 Å². The fourth-order valence-electron chi connectivity index (χ4n) is 2.20. The predicted molar refractivity (Wildman–Crippen MR) is 67.5 cm³/mol. The van der Waals surface area contributed by atoms with E-state index in [1.54, 1.807) is 0 Å². The molecule has 17 heavy (non-hydrogen) atoms. The fraction of sp³-hybridized carbons (Fsp3) is 0.357. The second-order valence-corrected chi connectivity index (χ2v) is 4.68. The van der Waals surface area contributed by atoms with Crippen molar-refractivity contribution in [1.82, 2.24) is 15.5 Å². The highest BCUT2D eigenvalue weighted by molar-refractivity contribution is 5.33. The molecular formula is C14H17N3. The first-order valence-electron chi connectivity index (χ1n) is 6.19. The van der Waals surface area contributed by atoms with Crippen LogP contribution in [0.15, 0.2) is 36.7 Å². The molecular weight excluding hydrogens is 210 g/mol. The molecule has 2 aromatic rings. The largest absolute Gasteiger partial charge is 0.308 e. The summed E-state index contributed by atoms with van der Waals surface area (Å²) in [5, 5.41) is 10.2. The van der Waals surface area contributed by atoms with Gasteiger partial charge in [-0.1, -0.05) is 24.3 Å². The molecule has 3 rings (SSSR count). The number of nitrogens with zero attached hydrogens (tertiary/aromatic N) is 1. The minimum atomic E-state index is 0.821. The van der Waals surface area contributed by atoms with Gasteiger partial charge in [-0.2, -0.15) is 5.10 Å². The number of rotatable bonds is 5. The Morgan fingerprint density at radius 2 is 2.12 bits per heavy atom. The molecule has 0 atom stereocenters. The molecule has 1 aliphatic rings. The van der Waals surface area contributed by atoms with Crippen molar-refractivity contribution in [1.29, 1.82) is 0 Å². The van der Waals surface area contributed by atoms with Crippen molar-refractivity contribution in [3.05, 3.63) is 53.3 Å². The van der Waals surface area contributed by atoms with Gasteiger partial charge in [-0.05, 0) is 29.9 Å². The van der Waals surface area contributed by atoms with Gasteiger partial charge in [0.1, 0.15) is 0 Å². The Morgan fingerprint density at radius 1 is 1.24 bits per heavy atom. The van der Waals surface area contributed by atoms with E-state index >= 15 is 0 Å². The second-order valence-electron chi connectivity index (χ2n) is 4.68. The number of nitrogens with one attached hydrogen (secondary N) is 2. The summed E-state index contributed by atoms with van der Waals surface area (Å²) in [4.78, 5) is 0. The molecule has 2 N–H and O–H groups in total. The highest BCUT2D eigenvalue weighted by atomic mass is 15.1. The monoisotopic (exact) mass is 227 g/mol. The van der Waals surface area contributed by atoms with Crippen molar-refractivity contribution in [3.63, 3.8) is 0 Å². The standard InChI is InChI=1S/C14H17N3/c1-2-4-14(12-5-6-12)13(3-1)10-15-7-11-8-16-17-9-11/h1-4,8-9,12,15H,5-7,10H2,(H,16,17). The van der Waals surface area contributed by atoms with Crippen molar-refractivity contribution in [2.24, 2.45) is 0 Å². The van der Waals surface area contributed by atoms with Crippen LogP contribution in [0.25, 0.3) is 0 Å². The molecule has 88 valence electrons. The summed E-state index contributed by atoms with van der Waals surface area (Å²) >= 11 is 0. The van der Waals surface area contributed by atoms with Crippen LogP contribution in [0.5, 0.6) is 0 Å². The Kier molecular flexibility index (Phi) is 2.92. The molecule has 1 aromatic carbocycles. The zero-order chi connectivity index (χ0) is 11.5. The van der Waals surface area contributed by atoms with Crippen LogP contribution in [-0.4, -0.2) is 10.2 Å². The minimum absolute atomic E-state index is 0.821. The summed E-state index contributed by atoms with van der Waals surface area (Å²) in [5.74, 6) is 0.821.